The van der Waals surface area contributed by atoms with E-state index in [1.807, 2.05) is 0 Å². The third kappa shape index (κ3) is 3.61. The molecule has 1 fully saturated rings. The third-order valence-corrected chi connectivity index (χ3v) is 5.70. The van der Waals surface area contributed by atoms with Gasteiger partial charge in [-0.1, -0.05) is 19.3 Å². The van der Waals surface area contributed by atoms with E-state index in [1.54, 1.807) is 11.3 Å². The maximum atomic E-state index is 11.8. The van der Waals surface area contributed by atoms with E-state index in [-0.39, 0.29) is 17.4 Å². The van der Waals surface area contributed by atoms with Gasteiger partial charge < -0.3 is 10.5 Å². The Hall–Kier alpha value is -0.870. The van der Waals surface area contributed by atoms with E-state index in [2.05, 4.69) is 18.4 Å². The van der Waals surface area contributed by atoms with Crippen molar-refractivity contribution in [3.63, 3.8) is 0 Å². The zero-order valence-electron chi connectivity index (χ0n) is 12.5. The van der Waals surface area contributed by atoms with E-state index in [4.69, 9.17) is 10.5 Å². The summed E-state index contributed by atoms with van der Waals surface area (Å²) in [5.74, 6) is -0.0954. The van der Waals surface area contributed by atoms with Gasteiger partial charge in [-0.25, -0.2) is 0 Å². The van der Waals surface area contributed by atoms with Crippen LogP contribution in [0, 0.1) is 12.3 Å². The van der Waals surface area contributed by atoms with Gasteiger partial charge in [-0.05, 0) is 48.6 Å². The lowest BCUT2D eigenvalue weighted by molar-refractivity contribution is -0.144. The van der Waals surface area contributed by atoms with Crippen LogP contribution in [0.4, 0.5) is 0 Å². The molecule has 1 aromatic rings. The molecule has 1 saturated carbocycles. The van der Waals surface area contributed by atoms with Crippen molar-refractivity contribution in [2.24, 2.45) is 11.1 Å². The van der Waals surface area contributed by atoms with Crippen LogP contribution >= 0.6 is 11.3 Å². The van der Waals surface area contributed by atoms with Crippen LogP contribution in [0.1, 0.15) is 61.4 Å². The van der Waals surface area contributed by atoms with Gasteiger partial charge in [0.05, 0.1) is 13.5 Å². The highest BCUT2D eigenvalue weighted by Crippen LogP contribution is 2.46. The van der Waals surface area contributed by atoms with Gasteiger partial charge in [0.25, 0.3) is 0 Å². The molecular weight excluding hydrogens is 270 g/mol. The quantitative estimate of drug-likeness (QED) is 0.837. The lowest BCUT2D eigenvalue weighted by Gasteiger charge is -2.38. The molecule has 2 N–H and O–H groups in total. The summed E-state index contributed by atoms with van der Waals surface area (Å²) in [5.41, 5.74) is 7.74. The predicted octanol–water partition coefficient (Wildman–Crippen LogP) is 3.96. The van der Waals surface area contributed by atoms with Crippen LogP contribution in [0.15, 0.2) is 11.4 Å². The van der Waals surface area contributed by atoms with Crippen molar-refractivity contribution < 1.29 is 9.53 Å². The normalized spacial score (nSPS) is 19.6. The molecule has 0 aromatic carbocycles. The first-order chi connectivity index (χ1) is 9.56. The number of ether oxygens (including phenoxy) is 1. The minimum Gasteiger partial charge on any atom is -0.469 e. The highest BCUT2D eigenvalue weighted by atomic mass is 32.1. The number of carbonyl (C=O) groups excluding carboxylic acids is 1. The molecule has 4 heteroatoms. The van der Waals surface area contributed by atoms with Crippen molar-refractivity contribution in [3.8, 4) is 0 Å². The molecule has 0 aliphatic heterocycles. The highest BCUT2D eigenvalue weighted by molar-refractivity contribution is 7.10. The van der Waals surface area contributed by atoms with Gasteiger partial charge in [0.2, 0.25) is 0 Å². The standard InChI is InChI=1S/C16H25NO2S/c1-12-6-9-20-15(12)13(17)10-16(11-14(18)19-2)7-4-3-5-8-16/h6,9,13H,3-5,7-8,10-11,17H2,1-2H3. The maximum Gasteiger partial charge on any atom is 0.306 e. The van der Waals surface area contributed by atoms with Gasteiger partial charge in [-0.15, -0.1) is 11.3 Å². The highest BCUT2D eigenvalue weighted by Gasteiger charge is 2.36. The predicted molar refractivity (Wildman–Crippen MR) is 82.8 cm³/mol. The Morgan fingerprint density at radius 3 is 2.70 bits per heavy atom. The van der Waals surface area contributed by atoms with Crippen molar-refractivity contribution in [1.29, 1.82) is 0 Å². The second kappa shape index (κ2) is 6.72. The van der Waals surface area contributed by atoms with Gasteiger partial charge in [-0.3, -0.25) is 4.79 Å². The first-order valence-corrected chi connectivity index (χ1v) is 8.31. The number of nitrogens with two attached hydrogens (primary N) is 1. The summed E-state index contributed by atoms with van der Waals surface area (Å²) in [4.78, 5) is 13.0. The number of carbonyl (C=O) groups is 1. The van der Waals surface area contributed by atoms with E-state index >= 15 is 0 Å². The van der Waals surface area contributed by atoms with Crippen LogP contribution in [-0.2, 0) is 9.53 Å². The first kappa shape index (κ1) is 15.5. The van der Waals surface area contributed by atoms with Crippen molar-refractivity contribution in [2.45, 2.75) is 57.9 Å². The molecule has 1 unspecified atom stereocenters. The Balaban J connectivity index is 2.11. The molecule has 112 valence electrons. The van der Waals surface area contributed by atoms with E-state index in [1.165, 1.54) is 36.8 Å². The summed E-state index contributed by atoms with van der Waals surface area (Å²) < 4.78 is 4.90. The van der Waals surface area contributed by atoms with E-state index in [0.29, 0.717) is 6.42 Å². The summed E-state index contributed by atoms with van der Waals surface area (Å²) >= 11 is 1.73. The first-order valence-electron chi connectivity index (χ1n) is 7.43. The van der Waals surface area contributed by atoms with Crippen molar-refractivity contribution >= 4 is 17.3 Å². The van der Waals surface area contributed by atoms with Gasteiger partial charge in [0.15, 0.2) is 0 Å². The number of rotatable bonds is 5. The SMILES string of the molecule is COC(=O)CC1(CC(N)c2sccc2C)CCCCC1. The minimum atomic E-state index is -0.0954. The molecule has 0 spiro atoms. The van der Waals surface area contributed by atoms with E-state index < -0.39 is 0 Å². The largest absolute Gasteiger partial charge is 0.469 e. The van der Waals surface area contributed by atoms with Crippen molar-refractivity contribution in [3.05, 3.63) is 21.9 Å². The molecule has 1 heterocycles. The lowest BCUT2D eigenvalue weighted by Crippen LogP contribution is -2.32. The van der Waals surface area contributed by atoms with E-state index in [9.17, 15) is 4.79 Å². The third-order valence-electron chi connectivity index (χ3n) is 4.55. The topological polar surface area (TPSA) is 52.3 Å². The molecule has 1 aliphatic carbocycles. The van der Waals surface area contributed by atoms with Crippen LogP contribution in [0.25, 0.3) is 0 Å². The zero-order chi connectivity index (χ0) is 14.6. The molecule has 0 radical (unpaired) electrons. The van der Waals surface area contributed by atoms with Crippen LogP contribution in [0.5, 0.6) is 0 Å². The zero-order valence-corrected chi connectivity index (χ0v) is 13.3. The molecule has 1 aromatic heterocycles. The Kier molecular flexibility index (Phi) is 5.22. The summed E-state index contributed by atoms with van der Waals surface area (Å²) in [6.45, 7) is 2.11. The fourth-order valence-electron chi connectivity index (χ4n) is 3.46. The number of esters is 1. The smallest absolute Gasteiger partial charge is 0.306 e. The Morgan fingerprint density at radius 1 is 1.45 bits per heavy atom. The number of methoxy groups -OCH3 is 1. The summed E-state index contributed by atoms with van der Waals surface area (Å²) in [6, 6.07) is 2.16. The fourth-order valence-corrected chi connectivity index (χ4v) is 4.39. The van der Waals surface area contributed by atoms with Gasteiger partial charge >= 0.3 is 5.97 Å². The Bertz CT molecular complexity index is 449. The van der Waals surface area contributed by atoms with Crippen LogP contribution in [0.2, 0.25) is 0 Å². The summed E-state index contributed by atoms with van der Waals surface area (Å²) in [6.07, 6.45) is 7.28. The molecule has 0 bridgehead atoms. The lowest BCUT2D eigenvalue weighted by atomic mass is 9.68. The number of hydrogen-bond acceptors (Lipinski definition) is 4. The van der Waals surface area contributed by atoms with Gasteiger partial charge in [0, 0.05) is 10.9 Å². The minimum absolute atomic E-state index is 0.0396. The number of aryl methyl sites for hydroxylation is 1. The number of hydrogen-bond donors (Lipinski definition) is 1. The van der Waals surface area contributed by atoms with Crippen molar-refractivity contribution in [1.82, 2.24) is 0 Å². The average Bonchev–Trinajstić information content (AvgIpc) is 2.85. The monoisotopic (exact) mass is 295 g/mol. The maximum absolute atomic E-state index is 11.8. The van der Waals surface area contributed by atoms with Crippen LogP contribution < -0.4 is 5.73 Å². The summed E-state index contributed by atoms with van der Waals surface area (Å²) in [5, 5.41) is 2.10. The summed E-state index contributed by atoms with van der Waals surface area (Å²) in [7, 11) is 1.47. The van der Waals surface area contributed by atoms with Gasteiger partial charge in [-0.2, -0.15) is 0 Å². The molecule has 2 rings (SSSR count). The number of thiophene rings is 1. The molecular formula is C16H25NO2S. The molecule has 3 nitrogen and oxygen atoms in total. The molecule has 20 heavy (non-hydrogen) atoms. The molecule has 1 aliphatic rings. The van der Waals surface area contributed by atoms with Crippen molar-refractivity contribution in [2.75, 3.05) is 7.11 Å². The van der Waals surface area contributed by atoms with E-state index in [0.717, 1.165) is 19.3 Å². The Labute approximate surface area is 125 Å². The fraction of sp³-hybridized carbons (Fsp3) is 0.688. The van der Waals surface area contributed by atoms with Crippen LogP contribution in [-0.4, -0.2) is 13.1 Å². The average molecular weight is 295 g/mol. The Morgan fingerprint density at radius 2 is 2.15 bits per heavy atom. The second-order valence-electron chi connectivity index (χ2n) is 6.09. The molecule has 1 atom stereocenters. The molecule has 0 amide bonds. The molecule has 0 saturated heterocycles. The second-order valence-corrected chi connectivity index (χ2v) is 7.04. The van der Waals surface area contributed by atoms with Gasteiger partial charge in [0.1, 0.15) is 0 Å². The van der Waals surface area contributed by atoms with Crippen LogP contribution in [0.3, 0.4) is 0 Å².